The third kappa shape index (κ3) is 2.94. The zero-order chi connectivity index (χ0) is 10.6. The predicted octanol–water partition coefficient (Wildman–Crippen LogP) is 1.86. The summed E-state index contributed by atoms with van der Waals surface area (Å²) in [5.41, 5.74) is 6.16. The van der Waals surface area contributed by atoms with Crippen molar-refractivity contribution in [1.29, 1.82) is 0 Å². The van der Waals surface area contributed by atoms with E-state index in [0.717, 1.165) is 11.3 Å². The second kappa shape index (κ2) is 4.88. The molecule has 1 aromatic rings. The van der Waals surface area contributed by atoms with Gasteiger partial charge in [0.2, 0.25) is 0 Å². The molecule has 1 rings (SSSR count). The molecule has 0 aliphatic rings. The molecule has 14 heavy (non-hydrogen) atoms. The van der Waals surface area contributed by atoms with E-state index in [4.69, 9.17) is 5.84 Å². The summed E-state index contributed by atoms with van der Waals surface area (Å²) in [6, 6.07) is 4.07. The van der Waals surface area contributed by atoms with Crippen LogP contribution in [0.2, 0.25) is 0 Å². The van der Waals surface area contributed by atoms with Crippen molar-refractivity contribution in [1.82, 2.24) is 10.4 Å². The van der Waals surface area contributed by atoms with Crippen LogP contribution in [-0.2, 0) is 0 Å². The fourth-order valence-corrected chi connectivity index (χ4v) is 1.33. The molecule has 1 unspecified atom stereocenters. The molecule has 0 amide bonds. The summed E-state index contributed by atoms with van der Waals surface area (Å²) in [6.07, 6.45) is 3.89. The molecule has 0 saturated heterocycles. The third-order valence-corrected chi connectivity index (χ3v) is 1.96. The average Bonchev–Trinajstić information content (AvgIpc) is 2.14. The minimum atomic E-state index is 0.0710. The number of aromatic nitrogens is 1. The number of hydrazine groups is 1. The first-order valence-electron chi connectivity index (χ1n) is 4.67. The van der Waals surface area contributed by atoms with Crippen molar-refractivity contribution in [3.8, 4) is 0 Å². The first kappa shape index (κ1) is 10.9. The van der Waals surface area contributed by atoms with Crippen LogP contribution in [-0.4, -0.2) is 4.98 Å². The van der Waals surface area contributed by atoms with E-state index in [1.165, 1.54) is 5.57 Å². The van der Waals surface area contributed by atoms with Gasteiger partial charge in [0.25, 0.3) is 0 Å². The highest BCUT2D eigenvalue weighted by atomic mass is 15.2. The van der Waals surface area contributed by atoms with Gasteiger partial charge in [-0.15, -0.1) is 0 Å². The predicted molar refractivity (Wildman–Crippen MR) is 58.5 cm³/mol. The minimum absolute atomic E-state index is 0.0710. The van der Waals surface area contributed by atoms with Gasteiger partial charge >= 0.3 is 0 Å². The number of allylic oxidation sites excluding steroid dienone is 1. The van der Waals surface area contributed by atoms with Gasteiger partial charge in [-0.3, -0.25) is 10.8 Å². The van der Waals surface area contributed by atoms with E-state index in [1.54, 1.807) is 6.20 Å². The Balaban J connectivity index is 2.95. The fourth-order valence-electron chi connectivity index (χ4n) is 1.33. The first-order chi connectivity index (χ1) is 6.63. The molecule has 3 heteroatoms. The molecule has 0 aliphatic carbocycles. The van der Waals surface area contributed by atoms with Crippen molar-refractivity contribution in [2.24, 2.45) is 5.84 Å². The van der Waals surface area contributed by atoms with Crippen molar-refractivity contribution in [2.75, 3.05) is 0 Å². The number of nitrogens with one attached hydrogen (secondary N) is 1. The number of rotatable bonds is 3. The molecule has 3 N–H and O–H groups in total. The van der Waals surface area contributed by atoms with Gasteiger partial charge in [-0.05, 0) is 38.5 Å². The Hall–Kier alpha value is -1.19. The second-order valence-corrected chi connectivity index (χ2v) is 3.62. The highest BCUT2D eigenvalue weighted by Crippen LogP contribution is 2.15. The molecular weight excluding hydrogens is 174 g/mol. The maximum absolute atomic E-state index is 5.49. The summed E-state index contributed by atoms with van der Waals surface area (Å²) in [7, 11) is 0. The number of pyridine rings is 1. The number of nitrogens with zero attached hydrogens (tertiary/aromatic N) is 1. The van der Waals surface area contributed by atoms with Gasteiger partial charge in [-0.2, -0.15) is 0 Å². The van der Waals surface area contributed by atoms with Gasteiger partial charge < -0.3 is 0 Å². The van der Waals surface area contributed by atoms with Gasteiger partial charge in [-0.25, -0.2) is 5.43 Å². The van der Waals surface area contributed by atoms with Crippen molar-refractivity contribution in [3.63, 3.8) is 0 Å². The summed E-state index contributed by atoms with van der Waals surface area (Å²) in [5.74, 6) is 5.49. The monoisotopic (exact) mass is 191 g/mol. The molecular formula is C11H17N3. The van der Waals surface area contributed by atoms with Crippen LogP contribution in [0, 0.1) is 6.92 Å². The normalized spacial score (nSPS) is 12.3. The van der Waals surface area contributed by atoms with E-state index < -0.39 is 0 Å². The van der Waals surface area contributed by atoms with E-state index in [2.05, 4.69) is 30.3 Å². The number of hydrogen-bond donors (Lipinski definition) is 2. The number of aryl methyl sites for hydroxylation is 1. The average molecular weight is 191 g/mol. The van der Waals surface area contributed by atoms with Crippen molar-refractivity contribution in [3.05, 3.63) is 41.2 Å². The van der Waals surface area contributed by atoms with Crippen LogP contribution in [0.3, 0.4) is 0 Å². The topological polar surface area (TPSA) is 50.9 Å². The molecule has 0 aliphatic heterocycles. The lowest BCUT2D eigenvalue weighted by Gasteiger charge is -2.12. The van der Waals surface area contributed by atoms with Gasteiger partial charge in [-0.1, -0.05) is 11.6 Å². The molecule has 3 nitrogen and oxygen atoms in total. The second-order valence-electron chi connectivity index (χ2n) is 3.62. The Bertz CT molecular complexity index is 327. The summed E-state index contributed by atoms with van der Waals surface area (Å²) < 4.78 is 0. The number of hydrogen-bond acceptors (Lipinski definition) is 3. The first-order valence-corrected chi connectivity index (χ1v) is 4.67. The quantitative estimate of drug-likeness (QED) is 0.435. The number of nitrogens with two attached hydrogens (primary N) is 1. The van der Waals surface area contributed by atoms with Crippen molar-refractivity contribution < 1.29 is 0 Å². The van der Waals surface area contributed by atoms with Crippen LogP contribution < -0.4 is 11.3 Å². The van der Waals surface area contributed by atoms with E-state index in [0.29, 0.717) is 0 Å². The molecule has 0 saturated carbocycles. The molecule has 0 bridgehead atoms. The Morgan fingerprint density at radius 3 is 2.79 bits per heavy atom. The lowest BCUT2D eigenvalue weighted by Crippen LogP contribution is -2.26. The van der Waals surface area contributed by atoms with Crippen LogP contribution in [0.15, 0.2) is 30.0 Å². The van der Waals surface area contributed by atoms with Gasteiger partial charge in [0.05, 0.1) is 6.04 Å². The van der Waals surface area contributed by atoms with Gasteiger partial charge in [0.1, 0.15) is 0 Å². The van der Waals surface area contributed by atoms with Crippen LogP contribution in [0.5, 0.6) is 0 Å². The Kier molecular flexibility index (Phi) is 3.80. The molecule has 0 radical (unpaired) electrons. The molecule has 0 spiro atoms. The van der Waals surface area contributed by atoms with E-state index >= 15 is 0 Å². The standard InChI is InChI=1S/C11H17N3/c1-8(2)6-11(14-12)10-4-5-13-9(3)7-10/h4-7,11,14H,12H2,1-3H3. The summed E-state index contributed by atoms with van der Waals surface area (Å²) in [6.45, 7) is 6.08. The van der Waals surface area contributed by atoms with Crippen LogP contribution >= 0.6 is 0 Å². The lowest BCUT2D eigenvalue weighted by atomic mass is 10.1. The zero-order valence-electron chi connectivity index (χ0n) is 8.91. The molecule has 76 valence electrons. The highest BCUT2D eigenvalue weighted by molar-refractivity contribution is 5.24. The van der Waals surface area contributed by atoms with Crippen LogP contribution in [0.25, 0.3) is 0 Å². The van der Waals surface area contributed by atoms with Gasteiger partial charge in [0.15, 0.2) is 0 Å². The van der Waals surface area contributed by atoms with Crippen molar-refractivity contribution >= 4 is 0 Å². The molecule has 0 aromatic carbocycles. The Labute approximate surface area is 85.0 Å². The summed E-state index contributed by atoms with van der Waals surface area (Å²) in [5, 5.41) is 0. The van der Waals surface area contributed by atoms with E-state index in [-0.39, 0.29) is 6.04 Å². The summed E-state index contributed by atoms with van der Waals surface area (Å²) >= 11 is 0. The zero-order valence-corrected chi connectivity index (χ0v) is 8.91. The molecule has 1 heterocycles. The third-order valence-electron chi connectivity index (χ3n) is 1.96. The Morgan fingerprint density at radius 1 is 1.57 bits per heavy atom. The highest BCUT2D eigenvalue weighted by Gasteiger charge is 2.05. The van der Waals surface area contributed by atoms with Crippen molar-refractivity contribution in [2.45, 2.75) is 26.8 Å². The molecule has 1 atom stereocenters. The smallest absolute Gasteiger partial charge is 0.0644 e. The summed E-state index contributed by atoms with van der Waals surface area (Å²) in [4.78, 5) is 4.15. The van der Waals surface area contributed by atoms with E-state index in [1.807, 2.05) is 19.1 Å². The largest absolute Gasteiger partial charge is 0.271 e. The molecule has 0 fully saturated rings. The maximum Gasteiger partial charge on any atom is 0.0644 e. The maximum atomic E-state index is 5.49. The Morgan fingerprint density at radius 2 is 2.29 bits per heavy atom. The molecule has 1 aromatic heterocycles. The van der Waals surface area contributed by atoms with Crippen LogP contribution in [0.1, 0.15) is 31.1 Å². The lowest BCUT2D eigenvalue weighted by molar-refractivity contribution is 0.650. The fraction of sp³-hybridized carbons (Fsp3) is 0.364. The van der Waals surface area contributed by atoms with Gasteiger partial charge in [0, 0.05) is 11.9 Å². The minimum Gasteiger partial charge on any atom is -0.271 e. The van der Waals surface area contributed by atoms with E-state index in [9.17, 15) is 0 Å². The van der Waals surface area contributed by atoms with Crippen LogP contribution in [0.4, 0.5) is 0 Å². The SMILES string of the molecule is CC(C)=CC(NN)c1ccnc(C)c1.